The molecular weight excluding hydrogens is 463 g/mol. The zero-order chi connectivity index (χ0) is 21.7. The van der Waals surface area contributed by atoms with Gasteiger partial charge in [-0.1, -0.05) is 29.3 Å². The number of nitrogens with zero attached hydrogens (tertiary/aromatic N) is 1. The van der Waals surface area contributed by atoms with Gasteiger partial charge in [0.1, 0.15) is 0 Å². The highest BCUT2D eigenvalue weighted by molar-refractivity contribution is 7.92. The summed E-state index contributed by atoms with van der Waals surface area (Å²) in [6, 6.07) is 9.52. The number of halogens is 2. The highest BCUT2D eigenvalue weighted by Crippen LogP contribution is 2.33. The maximum atomic E-state index is 13.0. The van der Waals surface area contributed by atoms with Crippen LogP contribution in [0, 0.1) is 0 Å². The van der Waals surface area contributed by atoms with E-state index >= 15 is 0 Å². The zero-order valence-electron chi connectivity index (χ0n) is 16.1. The lowest BCUT2D eigenvalue weighted by molar-refractivity contribution is 0.601. The van der Waals surface area contributed by atoms with Crippen LogP contribution in [-0.2, 0) is 10.0 Å². The van der Waals surface area contributed by atoms with E-state index in [4.69, 9.17) is 35.4 Å². The van der Waals surface area contributed by atoms with Gasteiger partial charge in [0.05, 0.1) is 27.0 Å². The summed E-state index contributed by atoms with van der Waals surface area (Å²) in [5.74, 6) is 0. The summed E-state index contributed by atoms with van der Waals surface area (Å²) in [5, 5.41) is 7.12. The fourth-order valence-electron chi connectivity index (χ4n) is 3.13. The Morgan fingerprint density at radius 2 is 1.87 bits per heavy atom. The molecule has 1 heterocycles. The van der Waals surface area contributed by atoms with Gasteiger partial charge in [-0.25, -0.2) is 8.42 Å². The number of rotatable bonds is 7. The van der Waals surface area contributed by atoms with Gasteiger partial charge in [-0.2, -0.15) is 0 Å². The molecule has 1 saturated heterocycles. The average molecular weight is 485 g/mol. The van der Waals surface area contributed by atoms with Crippen LogP contribution in [-0.4, -0.2) is 33.2 Å². The van der Waals surface area contributed by atoms with E-state index in [9.17, 15) is 8.42 Å². The van der Waals surface area contributed by atoms with Crippen molar-refractivity contribution in [1.82, 2.24) is 5.32 Å². The number of anilines is 3. The molecule has 160 valence electrons. The molecule has 0 amide bonds. The van der Waals surface area contributed by atoms with Crippen molar-refractivity contribution in [3.63, 3.8) is 0 Å². The molecule has 2 aromatic carbocycles. The Morgan fingerprint density at radius 3 is 2.57 bits per heavy atom. The van der Waals surface area contributed by atoms with Crippen LogP contribution in [0.2, 0.25) is 10.0 Å². The van der Waals surface area contributed by atoms with Gasteiger partial charge in [0, 0.05) is 24.7 Å². The Kier molecular flexibility index (Phi) is 7.46. The standard InChI is InChI=1S/C20H22Cl2N4O2S2/c1-2-9-23-20(29)24-18-13-15(6-8-19(18)26-10-3-4-11-26)30(27,28)25-17-12-14(21)5-7-16(17)22/h2,5-8,12-13,25H,1,3-4,9-11H2,(H2,23,24,29). The van der Waals surface area contributed by atoms with E-state index in [0.717, 1.165) is 31.6 Å². The molecule has 1 fully saturated rings. The van der Waals surface area contributed by atoms with Crippen LogP contribution < -0.4 is 20.3 Å². The zero-order valence-corrected chi connectivity index (χ0v) is 19.3. The first kappa shape index (κ1) is 22.7. The topological polar surface area (TPSA) is 73.5 Å². The molecule has 0 aliphatic carbocycles. The summed E-state index contributed by atoms with van der Waals surface area (Å²) in [6.07, 6.45) is 3.87. The maximum Gasteiger partial charge on any atom is 0.262 e. The van der Waals surface area contributed by atoms with E-state index in [2.05, 4.69) is 26.8 Å². The molecule has 6 nitrogen and oxygen atoms in total. The minimum atomic E-state index is -3.90. The van der Waals surface area contributed by atoms with Gasteiger partial charge in [-0.3, -0.25) is 4.72 Å². The third kappa shape index (κ3) is 5.57. The summed E-state index contributed by atoms with van der Waals surface area (Å²) in [5.41, 5.74) is 1.72. The molecule has 0 bridgehead atoms. The molecule has 3 N–H and O–H groups in total. The molecule has 2 aromatic rings. The Bertz CT molecular complexity index is 1050. The normalized spacial score (nSPS) is 13.7. The second-order valence-electron chi connectivity index (χ2n) is 6.73. The second kappa shape index (κ2) is 9.87. The largest absolute Gasteiger partial charge is 0.370 e. The summed E-state index contributed by atoms with van der Waals surface area (Å²) >= 11 is 17.4. The first-order valence-electron chi connectivity index (χ1n) is 9.33. The third-order valence-electron chi connectivity index (χ3n) is 4.55. The van der Waals surface area contributed by atoms with Gasteiger partial charge in [-0.15, -0.1) is 6.58 Å². The van der Waals surface area contributed by atoms with Gasteiger partial charge in [-0.05, 0) is 61.5 Å². The van der Waals surface area contributed by atoms with Crippen LogP contribution >= 0.6 is 35.4 Å². The van der Waals surface area contributed by atoms with E-state index in [-0.39, 0.29) is 15.6 Å². The van der Waals surface area contributed by atoms with E-state index in [1.54, 1.807) is 30.3 Å². The third-order valence-corrected chi connectivity index (χ3v) is 6.73. The lowest BCUT2D eigenvalue weighted by Crippen LogP contribution is -2.30. The number of thiocarbonyl (C=S) groups is 1. The molecule has 30 heavy (non-hydrogen) atoms. The molecule has 3 rings (SSSR count). The number of hydrogen-bond acceptors (Lipinski definition) is 4. The first-order valence-corrected chi connectivity index (χ1v) is 12.0. The van der Waals surface area contributed by atoms with Crippen molar-refractivity contribution >= 4 is 67.6 Å². The highest BCUT2D eigenvalue weighted by Gasteiger charge is 2.21. The van der Waals surface area contributed by atoms with E-state index < -0.39 is 10.0 Å². The Hall–Kier alpha value is -2.00. The smallest absolute Gasteiger partial charge is 0.262 e. The predicted molar refractivity (Wildman–Crippen MR) is 130 cm³/mol. The molecule has 0 aromatic heterocycles. The van der Waals surface area contributed by atoms with Gasteiger partial charge >= 0.3 is 0 Å². The molecule has 0 radical (unpaired) electrons. The van der Waals surface area contributed by atoms with Gasteiger partial charge < -0.3 is 15.5 Å². The van der Waals surface area contributed by atoms with Crippen LogP contribution in [0.3, 0.4) is 0 Å². The number of sulfonamides is 1. The molecule has 1 aliphatic heterocycles. The van der Waals surface area contributed by atoms with E-state index in [0.29, 0.717) is 22.4 Å². The van der Waals surface area contributed by atoms with Crippen molar-refractivity contribution in [1.29, 1.82) is 0 Å². The number of hydrogen-bond donors (Lipinski definition) is 3. The molecule has 0 saturated carbocycles. The summed E-state index contributed by atoms with van der Waals surface area (Å²) in [4.78, 5) is 2.28. The lowest BCUT2D eigenvalue weighted by atomic mass is 10.2. The monoisotopic (exact) mass is 484 g/mol. The summed E-state index contributed by atoms with van der Waals surface area (Å²) < 4.78 is 28.5. The lowest BCUT2D eigenvalue weighted by Gasteiger charge is -2.23. The van der Waals surface area contributed by atoms with Crippen LogP contribution in [0.4, 0.5) is 17.1 Å². The molecule has 10 heteroatoms. The fourth-order valence-corrected chi connectivity index (χ4v) is 4.81. The number of nitrogens with one attached hydrogen (secondary N) is 3. The van der Waals surface area contributed by atoms with Gasteiger partial charge in [0.2, 0.25) is 0 Å². The predicted octanol–water partition coefficient (Wildman–Crippen LogP) is 4.87. The van der Waals surface area contributed by atoms with Crippen molar-refractivity contribution < 1.29 is 8.42 Å². The van der Waals surface area contributed by atoms with Crippen molar-refractivity contribution in [3.8, 4) is 0 Å². The van der Waals surface area contributed by atoms with Crippen molar-refractivity contribution in [2.45, 2.75) is 17.7 Å². The minimum Gasteiger partial charge on any atom is -0.370 e. The molecule has 0 atom stereocenters. The first-order chi connectivity index (χ1) is 14.3. The SMILES string of the molecule is C=CCNC(=S)Nc1cc(S(=O)(=O)Nc2cc(Cl)ccc2Cl)ccc1N1CCCC1. The van der Waals surface area contributed by atoms with Crippen molar-refractivity contribution in [2.24, 2.45) is 0 Å². The second-order valence-corrected chi connectivity index (χ2v) is 9.66. The Morgan fingerprint density at radius 1 is 1.13 bits per heavy atom. The minimum absolute atomic E-state index is 0.0792. The Labute approximate surface area is 192 Å². The summed E-state index contributed by atoms with van der Waals surface area (Å²) in [7, 11) is -3.90. The maximum absolute atomic E-state index is 13.0. The van der Waals surface area contributed by atoms with Crippen LogP contribution in [0.25, 0.3) is 0 Å². The average Bonchev–Trinajstić information content (AvgIpc) is 3.23. The molecular formula is C20H22Cl2N4O2S2. The van der Waals surface area contributed by atoms with Gasteiger partial charge in [0.15, 0.2) is 5.11 Å². The van der Waals surface area contributed by atoms with Crippen LogP contribution in [0.1, 0.15) is 12.8 Å². The molecule has 0 unspecified atom stereocenters. The quantitative estimate of drug-likeness (QED) is 0.384. The highest BCUT2D eigenvalue weighted by atomic mass is 35.5. The molecule has 1 aliphatic rings. The Balaban J connectivity index is 1.93. The fraction of sp³-hybridized carbons (Fsp3) is 0.250. The van der Waals surface area contributed by atoms with Crippen LogP contribution in [0.5, 0.6) is 0 Å². The summed E-state index contributed by atoms with van der Waals surface area (Å²) in [6.45, 7) is 5.97. The van der Waals surface area contributed by atoms with E-state index in [1.165, 1.54) is 12.1 Å². The van der Waals surface area contributed by atoms with Gasteiger partial charge in [0.25, 0.3) is 10.0 Å². The van der Waals surface area contributed by atoms with Crippen molar-refractivity contribution in [2.75, 3.05) is 34.6 Å². The molecule has 0 spiro atoms. The van der Waals surface area contributed by atoms with E-state index in [1.807, 2.05) is 0 Å². The number of benzene rings is 2. The van der Waals surface area contributed by atoms with Crippen LogP contribution in [0.15, 0.2) is 53.9 Å². The van der Waals surface area contributed by atoms with Crippen molar-refractivity contribution in [3.05, 3.63) is 59.1 Å².